The van der Waals surface area contributed by atoms with Gasteiger partial charge >= 0.3 is 0 Å². The van der Waals surface area contributed by atoms with Crippen LogP contribution in [0.4, 0.5) is 11.4 Å². The van der Waals surface area contributed by atoms with Crippen molar-refractivity contribution < 1.29 is 18.4 Å². The van der Waals surface area contributed by atoms with Crippen molar-refractivity contribution in [3.05, 3.63) is 105 Å². The van der Waals surface area contributed by atoms with Crippen LogP contribution in [0.15, 0.2) is 80.4 Å². The second kappa shape index (κ2) is 8.77. The number of halogens is 1. The normalized spacial score (nSPS) is 11.1. The number of hydrogen-bond acceptors (Lipinski definition) is 5. The highest BCUT2D eigenvalue weighted by atomic mass is 35.5. The van der Waals surface area contributed by atoms with Gasteiger partial charge in [0.15, 0.2) is 11.2 Å². The molecule has 5 rings (SSSR count). The van der Waals surface area contributed by atoms with Gasteiger partial charge in [0.05, 0.1) is 5.39 Å². The molecule has 3 aromatic carbocycles. The molecule has 2 amide bonds. The zero-order valence-electron chi connectivity index (χ0n) is 18.8. The number of benzene rings is 3. The summed E-state index contributed by atoms with van der Waals surface area (Å²) in [6, 6.07) is 18.2. The summed E-state index contributed by atoms with van der Waals surface area (Å²) in [7, 11) is 0. The van der Waals surface area contributed by atoms with Gasteiger partial charge in [-0.2, -0.15) is 0 Å². The van der Waals surface area contributed by atoms with E-state index in [2.05, 4.69) is 10.6 Å². The maximum Gasteiger partial charge on any atom is 0.293 e. The van der Waals surface area contributed by atoms with Crippen LogP contribution in [0.2, 0.25) is 5.02 Å². The van der Waals surface area contributed by atoms with Gasteiger partial charge < -0.3 is 19.5 Å². The fraction of sp³-hybridized carbons (Fsp3) is 0.0741. The Morgan fingerprint density at radius 3 is 2.34 bits per heavy atom. The van der Waals surface area contributed by atoms with Crippen LogP contribution in [0.3, 0.4) is 0 Å². The van der Waals surface area contributed by atoms with Gasteiger partial charge in [-0.3, -0.25) is 14.4 Å². The predicted molar refractivity (Wildman–Crippen MR) is 136 cm³/mol. The first kappa shape index (κ1) is 22.4. The van der Waals surface area contributed by atoms with E-state index in [-0.39, 0.29) is 22.6 Å². The van der Waals surface area contributed by atoms with E-state index in [0.29, 0.717) is 32.6 Å². The maximum absolute atomic E-state index is 13.2. The van der Waals surface area contributed by atoms with Crippen molar-refractivity contribution in [2.24, 2.45) is 0 Å². The number of furan rings is 1. The number of anilines is 2. The standard InChI is InChI=1S/C27H19ClN2O5/c1-14-11-15(2)23-19(31)13-22(34-21(23)12-14)26(32)30-24-18-5-3-4-6-20(18)35-25(24)27(33)29-17-9-7-16(28)8-10-17/h3-13H,1-2H3,(H,29,33)(H,30,32). The van der Waals surface area contributed by atoms with Crippen molar-refractivity contribution in [2.45, 2.75) is 13.8 Å². The van der Waals surface area contributed by atoms with E-state index in [1.54, 1.807) is 54.6 Å². The molecule has 0 bridgehead atoms. The Balaban J connectivity index is 1.53. The van der Waals surface area contributed by atoms with E-state index in [1.807, 2.05) is 19.9 Å². The molecule has 35 heavy (non-hydrogen) atoms. The molecule has 0 fully saturated rings. The monoisotopic (exact) mass is 486 g/mol. The average molecular weight is 487 g/mol. The number of carbonyl (C=O) groups excluding carboxylic acids is 2. The molecule has 2 heterocycles. The molecule has 8 heteroatoms. The molecule has 0 radical (unpaired) electrons. The van der Waals surface area contributed by atoms with Crippen molar-refractivity contribution >= 4 is 56.7 Å². The molecule has 0 atom stereocenters. The number of nitrogens with one attached hydrogen (secondary N) is 2. The van der Waals surface area contributed by atoms with Crippen LogP contribution in [0.1, 0.15) is 32.2 Å². The molecule has 2 aromatic heterocycles. The summed E-state index contributed by atoms with van der Waals surface area (Å²) < 4.78 is 11.6. The van der Waals surface area contributed by atoms with Gasteiger partial charge in [-0.05, 0) is 67.4 Å². The third kappa shape index (κ3) is 4.29. The van der Waals surface area contributed by atoms with Gasteiger partial charge in [0.2, 0.25) is 5.76 Å². The highest BCUT2D eigenvalue weighted by Gasteiger charge is 2.24. The molecule has 5 aromatic rings. The first-order chi connectivity index (χ1) is 16.8. The number of rotatable bonds is 4. The number of para-hydroxylation sites is 1. The lowest BCUT2D eigenvalue weighted by molar-refractivity contribution is 0.0996. The third-order valence-electron chi connectivity index (χ3n) is 5.54. The number of amides is 2. The molecular formula is C27H19ClN2O5. The molecule has 0 saturated carbocycles. The highest BCUT2D eigenvalue weighted by Crippen LogP contribution is 2.32. The number of aryl methyl sites for hydroxylation is 2. The van der Waals surface area contributed by atoms with Gasteiger partial charge in [0.25, 0.3) is 11.8 Å². The Labute approximate surface area is 204 Å². The minimum atomic E-state index is -0.685. The summed E-state index contributed by atoms with van der Waals surface area (Å²) in [4.78, 5) is 38.9. The van der Waals surface area contributed by atoms with Crippen molar-refractivity contribution in [1.82, 2.24) is 0 Å². The van der Waals surface area contributed by atoms with Gasteiger partial charge in [-0.15, -0.1) is 0 Å². The minimum absolute atomic E-state index is 0.0932. The van der Waals surface area contributed by atoms with E-state index >= 15 is 0 Å². The molecule has 0 aliphatic rings. The van der Waals surface area contributed by atoms with Crippen LogP contribution in [0.25, 0.3) is 21.9 Å². The molecule has 0 saturated heterocycles. The van der Waals surface area contributed by atoms with Crippen LogP contribution in [0, 0.1) is 13.8 Å². The van der Waals surface area contributed by atoms with E-state index < -0.39 is 11.8 Å². The fourth-order valence-corrected chi connectivity index (χ4v) is 4.13. The predicted octanol–water partition coefficient (Wildman–Crippen LogP) is 6.31. The first-order valence-electron chi connectivity index (χ1n) is 10.7. The van der Waals surface area contributed by atoms with Gasteiger partial charge in [-0.1, -0.05) is 29.8 Å². The average Bonchev–Trinajstić information content (AvgIpc) is 3.18. The third-order valence-corrected chi connectivity index (χ3v) is 5.79. The SMILES string of the molecule is Cc1cc(C)c2c(=O)cc(C(=O)Nc3c(C(=O)Nc4ccc(Cl)cc4)oc4ccccc34)oc2c1. The molecule has 0 unspecified atom stereocenters. The van der Waals surface area contributed by atoms with Crippen LogP contribution < -0.4 is 16.1 Å². The van der Waals surface area contributed by atoms with E-state index in [0.717, 1.165) is 17.2 Å². The molecule has 0 spiro atoms. The fourth-order valence-electron chi connectivity index (χ4n) is 4.00. The van der Waals surface area contributed by atoms with Crippen LogP contribution >= 0.6 is 11.6 Å². The summed E-state index contributed by atoms with van der Waals surface area (Å²) in [6.45, 7) is 3.69. The Kier molecular flexibility index (Phi) is 5.62. The number of hydrogen-bond donors (Lipinski definition) is 2. The second-order valence-electron chi connectivity index (χ2n) is 8.15. The lowest BCUT2D eigenvalue weighted by Gasteiger charge is -2.08. The van der Waals surface area contributed by atoms with Crippen LogP contribution in [-0.4, -0.2) is 11.8 Å². The molecular weight excluding hydrogens is 468 g/mol. The smallest absolute Gasteiger partial charge is 0.293 e. The quantitative estimate of drug-likeness (QED) is 0.310. The Morgan fingerprint density at radius 1 is 0.829 bits per heavy atom. The van der Waals surface area contributed by atoms with Gasteiger partial charge in [0.1, 0.15) is 16.9 Å². The molecule has 174 valence electrons. The summed E-state index contributed by atoms with van der Waals surface area (Å²) in [5.74, 6) is -1.52. The van der Waals surface area contributed by atoms with Crippen LogP contribution in [-0.2, 0) is 0 Å². The molecule has 0 aliphatic heterocycles. The highest BCUT2D eigenvalue weighted by molar-refractivity contribution is 6.30. The van der Waals surface area contributed by atoms with E-state index in [9.17, 15) is 14.4 Å². The zero-order valence-corrected chi connectivity index (χ0v) is 19.5. The zero-order chi connectivity index (χ0) is 24.7. The van der Waals surface area contributed by atoms with Gasteiger partial charge in [-0.25, -0.2) is 0 Å². The van der Waals surface area contributed by atoms with Crippen molar-refractivity contribution in [1.29, 1.82) is 0 Å². The van der Waals surface area contributed by atoms with Gasteiger partial charge in [0, 0.05) is 22.2 Å². The Morgan fingerprint density at radius 2 is 1.57 bits per heavy atom. The van der Waals surface area contributed by atoms with E-state index in [1.165, 1.54) is 0 Å². The number of fused-ring (bicyclic) bond motifs is 2. The van der Waals surface area contributed by atoms with E-state index in [4.69, 9.17) is 20.4 Å². The molecule has 2 N–H and O–H groups in total. The molecule has 7 nitrogen and oxygen atoms in total. The second-order valence-corrected chi connectivity index (χ2v) is 8.58. The number of carbonyl (C=O) groups is 2. The lowest BCUT2D eigenvalue weighted by Crippen LogP contribution is -2.18. The van der Waals surface area contributed by atoms with Crippen molar-refractivity contribution in [2.75, 3.05) is 10.6 Å². The topological polar surface area (TPSA) is 102 Å². The summed E-state index contributed by atoms with van der Waals surface area (Å²) in [5.41, 5.74) is 2.74. The first-order valence-corrected chi connectivity index (χ1v) is 11.1. The summed E-state index contributed by atoms with van der Waals surface area (Å²) in [6.07, 6.45) is 0. The largest absolute Gasteiger partial charge is 0.451 e. The van der Waals surface area contributed by atoms with Crippen LogP contribution in [0.5, 0.6) is 0 Å². The summed E-state index contributed by atoms with van der Waals surface area (Å²) >= 11 is 5.91. The molecule has 0 aliphatic carbocycles. The lowest BCUT2D eigenvalue weighted by atomic mass is 10.1. The minimum Gasteiger partial charge on any atom is -0.451 e. The Bertz CT molecular complexity index is 1680. The Hall–Kier alpha value is -4.36. The summed E-state index contributed by atoms with van der Waals surface area (Å²) in [5, 5.41) is 6.90. The van der Waals surface area contributed by atoms with Crippen molar-refractivity contribution in [3.63, 3.8) is 0 Å². The maximum atomic E-state index is 13.2. The van der Waals surface area contributed by atoms with Crippen molar-refractivity contribution in [3.8, 4) is 0 Å².